The zero-order chi connectivity index (χ0) is 14.5. The fourth-order valence-electron chi connectivity index (χ4n) is 2.13. The van der Waals surface area contributed by atoms with Gasteiger partial charge in [-0.25, -0.2) is 0 Å². The molecule has 1 atom stereocenters. The SMILES string of the molecule is CCc1ccc(C(Br)c2ccc(OC)c(OC)c2)cc1. The monoisotopic (exact) mass is 334 g/mol. The molecule has 0 spiro atoms. The van der Waals surface area contributed by atoms with Crippen LogP contribution in [0.1, 0.15) is 28.4 Å². The molecule has 0 aliphatic carbocycles. The fourth-order valence-corrected chi connectivity index (χ4v) is 2.72. The summed E-state index contributed by atoms with van der Waals surface area (Å²) in [5.74, 6) is 1.50. The number of hydrogen-bond donors (Lipinski definition) is 0. The molecule has 0 bridgehead atoms. The molecule has 0 N–H and O–H groups in total. The predicted molar refractivity (Wildman–Crippen MR) is 86.1 cm³/mol. The maximum Gasteiger partial charge on any atom is 0.161 e. The van der Waals surface area contributed by atoms with Gasteiger partial charge in [0.1, 0.15) is 0 Å². The van der Waals surface area contributed by atoms with Crippen molar-refractivity contribution in [2.24, 2.45) is 0 Å². The lowest BCUT2D eigenvalue weighted by molar-refractivity contribution is 0.354. The highest BCUT2D eigenvalue weighted by Gasteiger charge is 2.13. The Balaban J connectivity index is 2.29. The third kappa shape index (κ3) is 3.15. The lowest BCUT2D eigenvalue weighted by Gasteiger charge is -2.14. The van der Waals surface area contributed by atoms with Gasteiger partial charge in [-0.3, -0.25) is 0 Å². The van der Waals surface area contributed by atoms with E-state index in [4.69, 9.17) is 9.47 Å². The Labute approximate surface area is 128 Å². The van der Waals surface area contributed by atoms with Gasteiger partial charge in [-0.15, -0.1) is 0 Å². The Morgan fingerprint density at radius 1 is 0.900 bits per heavy atom. The smallest absolute Gasteiger partial charge is 0.161 e. The minimum absolute atomic E-state index is 0.146. The van der Waals surface area contributed by atoms with E-state index < -0.39 is 0 Å². The van der Waals surface area contributed by atoms with Crippen LogP contribution in [0.4, 0.5) is 0 Å². The van der Waals surface area contributed by atoms with E-state index >= 15 is 0 Å². The lowest BCUT2D eigenvalue weighted by Crippen LogP contribution is -1.96. The van der Waals surface area contributed by atoms with Crippen molar-refractivity contribution in [3.63, 3.8) is 0 Å². The van der Waals surface area contributed by atoms with Crippen molar-refractivity contribution in [1.29, 1.82) is 0 Å². The molecule has 20 heavy (non-hydrogen) atoms. The first-order valence-corrected chi connectivity index (χ1v) is 7.56. The van der Waals surface area contributed by atoms with E-state index in [0.29, 0.717) is 0 Å². The molecular formula is C17H19BrO2. The molecule has 0 saturated carbocycles. The number of halogens is 1. The number of benzene rings is 2. The van der Waals surface area contributed by atoms with Gasteiger partial charge in [-0.2, -0.15) is 0 Å². The van der Waals surface area contributed by atoms with Crippen LogP contribution in [-0.2, 0) is 6.42 Å². The van der Waals surface area contributed by atoms with Crippen LogP contribution in [0.2, 0.25) is 0 Å². The van der Waals surface area contributed by atoms with E-state index in [9.17, 15) is 0 Å². The zero-order valence-electron chi connectivity index (χ0n) is 12.0. The molecule has 0 aromatic heterocycles. The van der Waals surface area contributed by atoms with Gasteiger partial charge in [-0.05, 0) is 35.2 Å². The molecular weight excluding hydrogens is 316 g/mol. The molecule has 2 rings (SSSR count). The summed E-state index contributed by atoms with van der Waals surface area (Å²) < 4.78 is 10.6. The average Bonchev–Trinajstić information content (AvgIpc) is 2.53. The fraction of sp³-hybridized carbons (Fsp3) is 0.294. The summed E-state index contributed by atoms with van der Waals surface area (Å²) in [5, 5.41) is 0. The van der Waals surface area contributed by atoms with Crippen LogP contribution in [0.5, 0.6) is 11.5 Å². The summed E-state index contributed by atoms with van der Waals surface area (Å²) in [4.78, 5) is 0.146. The summed E-state index contributed by atoms with van der Waals surface area (Å²) in [7, 11) is 3.30. The van der Waals surface area contributed by atoms with Crippen LogP contribution in [0.15, 0.2) is 42.5 Å². The summed E-state index contributed by atoms with van der Waals surface area (Å²) in [6, 6.07) is 14.7. The molecule has 0 heterocycles. The van der Waals surface area contributed by atoms with Crippen LogP contribution in [0.3, 0.4) is 0 Å². The van der Waals surface area contributed by atoms with E-state index in [1.54, 1.807) is 14.2 Å². The largest absolute Gasteiger partial charge is 0.493 e. The van der Waals surface area contributed by atoms with Crippen LogP contribution in [0.25, 0.3) is 0 Å². The molecule has 0 fully saturated rings. The van der Waals surface area contributed by atoms with Gasteiger partial charge in [0.25, 0.3) is 0 Å². The predicted octanol–water partition coefficient (Wildman–Crippen LogP) is 4.75. The third-order valence-electron chi connectivity index (χ3n) is 3.38. The van der Waals surface area contributed by atoms with E-state index in [1.807, 2.05) is 12.1 Å². The van der Waals surface area contributed by atoms with E-state index in [2.05, 4.69) is 53.2 Å². The van der Waals surface area contributed by atoms with Crippen molar-refractivity contribution in [2.45, 2.75) is 18.2 Å². The summed E-state index contributed by atoms with van der Waals surface area (Å²) in [5.41, 5.74) is 3.72. The molecule has 106 valence electrons. The quantitative estimate of drug-likeness (QED) is 0.734. The minimum Gasteiger partial charge on any atom is -0.493 e. The Morgan fingerprint density at radius 2 is 1.50 bits per heavy atom. The second-order valence-corrected chi connectivity index (χ2v) is 5.49. The van der Waals surface area contributed by atoms with Gasteiger partial charge in [0.05, 0.1) is 19.0 Å². The van der Waals surface area contributed by atoms with Gasteiger partial charge >= 0.3 is 0 Å². The van der Waals surface area contributed by atoms with Crippen LogP contribution >= 0.6 is 15.9 Å². The molecule has 2 aromatic carbocycles. The number of aryl methyl sites for hydroxylation is 1. The molecule has 0 radical (unpaired) electrons. The van der Waals surface area contributed by atoms with Gasteiger partial charge in [0.2, 0.25) is 0 Å². The molecule has 0 saturated heterocycles. The normalized spacial score (nSPS) is 12.0. The lowest BCUT2D eigenvalue weighted by atomic mass is 10.0. The van der Waals surface area contributed by atoms with Crippen LogP contribution in [0, 0.1) is 0 Å². The highest BCUT2D eigenvalue weighted by atomic mass is 79.9. The molecule has 1 unspecified atom stereocenters. The molecule has 3 heteroatoms. The Bertz CT molecular complexity index is 564. The highest BCUT2D eigenvalue weighted by Crippen LogP contribution is 2.36. The first kappa shape index (κ1) is 14.9. The Kier molecular flexibility index (Phi) is 5.07. The van der Waals surface area contributed by atoms with Crippen molar-refractivity contribution in [3.8, 4) is 11.5 Å². The third-order valence-corrected chi connectivity index (χ3v) is 4.44. The minimum atomic E-state index is 0.146. The number of ether oxygens (including phenoxy) is 2. The van der Waals surface area contributed by atoms with E-state index in [-0.39, 0.29) is 4.83 Å². The van der Waals surface area contributed by atoms with E-state index in [1.165, 1.54) is 11.1 Å². The summed E-state index contributed by atoms with van der Waals surface area (Å²) in [6.07, 6.45) is 1.06. The molecule has 0 aliphatic heterocycles. The standard InChI is InChI=1S/C17H19BrO2/c1-4-12-5-7-13(8-6-12)17(18)14-9-10-15(19-2)16(11-14)20-3/h5-11,17H,4H2,1-3H3. The van der Waals surface area contributed by atoms with Gasteiger partial charge < -0.3 is 9.47 Å². The van der Waals surface area contributed by atoms with Crippen molar-refractivity contribution in [2.75, 3.05) is 14.2 Å². The van der Waals surface area contributed by atoms with E-state index in [0.717, 1.165) is 23.5 Å². The highest BCUT2D eigenvalue weighted by molar-refractivity contribution is 9.09. The molecule has 2 aromatic rings. The van der Waals surface area contributed by atoms with Crippen molar-refractivity contribution < 1.29 is 9.47 Å². The van der Waals surface area contributed by atoms with Gasteiger partial charge in [0, 0.05) is 0 Å². The van der Waals surface area contributed by atoms with Crippen molar-refractivity contribution in [3.05, 3.63) is 59.2 Å². The summed E-state index contributed by atoms with van der Waals surface area (Å²) in [6.45, 7) is 2.16. The molecule has 0 aliphatic rings. The maximum absolute atomic E-state index is 5.35. The maximum atomic E-state index is 5.35. The van der Waals surface area contributed by atoms with Gasteiger partial charge in [-0.1, -0.05) is 53.2 Å². The number of methoxy groups -OCH3 is 2. The van der Waals surface area contributed by atoms with Crippen molar-refractivity contribution >= 4 is 15.9 Å². The first-order valence-electron chi connectivity index (χ1n) is 6.64. The summed E-state index contributed by atoms with van der Waals surface area (Å²) >= 11 is 3.75. The number of alkyl halides is 1. The molecule has 2 nitrogen and oxygen atoms in total. The Morgan fingerprint density at radius 3 is 2.05 bits per heavy atom. The van der Waals surface area contributed by atoms with Crippen LogP contribution in [-0.4, -0.2) is 14.2 Å². The van der Waals surface area contributed by atoms with Crippen molar-refractivity contribution in [1.82, 2.24) is 0 Å². The Hall–Kier alpha value is -1.48. The van der Waals surface area contributed by atoms with Gasteiger partial charge in [0.15, 0.2) is 11.5 Å². The second-order valence-electron chi connectivity index (χ2n) is 4.57. The number of rotatable bonds is 5. The second kappa shape index (κ2) is 6.80. The topological polar surface area (TPSA) is 18.5 Å². The first-order chi connectivity index (χ1) is 9.69. The van der Waals surface area contributed by atoms with Crippen LogP contribution < -0.4 is 9.47 Å². The number of hydrogen-bond acceptors (Lipinski definition) is 2. The molecule has 0 amide bonds. The average molecular weight is 335 g/mol. The zero-order valence-corrected chi connectivity index (χ0v) is 13.6.